The number of hydrogen-bond acceptors (Lipinski definition) is 7. The van der Waals surface area contributed by atoms with E-state index in [1.54, 1.807) is 19.1 Å². The van der Waals surface area contributed by atoms with Crippen molar-refractivity contribution >= 4 is 17.5 Å². The molecule has 0 atom stereocenters. The van der Waals surface area contributed by atoms with Crippen molar-refractivity contribution in [3.05, 3.63) is 46.9 Å². The Kier molecular flexibility index (Phi) is 4.89. The molecule has 1 aromatic carbocycles. The zero-order valence-electron chi connectivity index (χ0n) is 14.8. The number of carbonyl (C=O) groups is 1. The summed E-state index contributed by atoms with van der Waals surface area (Å²) in [5, 5.41) is 8.44. The van der Waals surface area contributed by atoms with Crippen LogP contribution in [0.2, 0.25) is 5.02 Å². The Morgan fingerprint density at radius 3 is 2.56 bits per heavy atom. The number of halogens is 1. The number of aryl methyl sites for hydroxylation is 1. The fourth-order valence-electron chi connectivity index (χ4n) is 3.15. The Labute approximate surface area is 160 Å². The third-order valence-electron chi connectivity index (χ3n) is 4.61. The number of benzene rings is 1. The molecule has 8 nitrogen and oxygen atoms in total. The predicted octanol–water partition coefficient (Wildman–Crippen LogP) is 3.03. The molecular weight excluding hydrogens is 370 g/mol. The molecule has 1 aliphatic heterocycles. The van der Waals surface area contributed by atoms with Crippen LogP contribution in [0.15, 0.2) is 33.3 Å². The molecule has 2 aromatic heterocycles. The first-order valence-corrected chi connectivity index (χ1v) is 9.13. The lowest BCUT2D eigenvalue weighted by Gasteiger charge is -2.30. The van der Waals surface area contributed by atoms with Crippen LogP contribution >= 0.6 is 11.6 Å². The smallest absolute Gasteiger partial charge is 0.236 e. The second kappa shape index (κ2) is 7.48. The summed E-state index contributed by atoms with van der Waals surface area (Å²) in [7, 11) is 0. The van der Waals surface area contributed by atoms with Gasteiger partial charge < -0.3 is 13.9 Å². The van der Waals surface area contributed by atoms with Gasteiger partial charge in [-0.25, -0.2) is 0 Å². The average molecular weight is 388 g/mol. The fourth-order valence-corrected chi connectivity index (χ4v) is 3.27. The topological polar surface area (TPSA) is 98.2 Å². The molecule has 1 fully saturated rings. The molecule has 27 heavy (non-hydrogen) atoms. The van der Waals surface area contributed by atoms with E-state index in [-0.39, 0.29) is 18.2 Å². The maximum Gasteiger partial charge on any atom is 0.236 e. The van der Waals surface area contributed by atoms with E-state index in [2.05, 4.69) is 20.3 Å². The van der Waals surface area contributed by atoms with E-state index in [0.717, 1.165) is 18.4 Å². The number of piperidine rings is 1. The van der Waals surface area contributed by atoms with Crippen molar-refractivity contribution in [2.75, 3.05) is 13.1 Å². The molecule has 0 N–H and O–H groups in total. The van der Waals surface area contributed by atoms with Crippen LogP contribution in [0.4, 0.5) is 0 Å². The molecule has 3 heterocycles. The summed E-state index contributed by atoms with van der Waals surface area (Å²) < 4.78 is 10.5. The standard InChI is InChI=1S/C18H18ClN5O3/c1-11-20-15(26-22-11)10-16(25)24-8-6-13(7-9-24)18-21-17(23-27-18)12-2-4-14(19)5-3-12/h2-5,13H,6-10H2,1H3. The third-order valence-corrected chi connectivity index (χ3v) is 4.87. The monoisotopic (exact) mass is 387 g/mol. The maximum atomic E-state index is 12.4. The first kappa shape index (κ1) is 17.7. The van der Waals surface area contributed by atoms with Crippen molar-refractivity contribution in [3.63, 3.8) is 0 Å². The normalized spacial score (nSPS) is 15.3. The van der Waals surface area contributed by atoms with Crippen molar-refractivity contribution in [3.8, 4) is 11.4 Å². The summed E-state index contributed by atoms with van der Waals surface area (Å²) in [6.45, 7) is 3.00. The zero-order chi connectivity index (χ0) is 18.8. The molecule has 3 aromatic rings. The summed E-state index contributed by atoms with van der Waals surface area (Å²) in [6, 6.07) is 7.30. The summed E-state index contributed by atoms with van der Waals surface area (Å²) in [5.74, 6) is 2.18. The van der Waals surface area contributed by atoms with Gasteiger partial charge in [-0.2, -0.15) is 9.97 Å². The third kappa shape index (κ3) is 4.00. The van der Waals surface area contributed by atoms with Crippen molar-refractivity contribution in [1.29, 1.82) is 0 Å². The highest BCUT2D eigenvalue weighted by molar-refractivity contribution is 6.30. The number of aromatic nitrogens is 4. The first-order chi connectivity index (χ1) is 13.1. The van der Waals surface area contributed by atoms with Gasteiger partial charge in [-0.05, 0) is 44.0 Å². The van der Waals surface area contributed by atoms with Crippen molar-refractivity contribution in [2.24, 2.45) is 0 Å². The molecule has 0 unspecified atom stereocenters. The quantitative estimate of drug-likeness (QED) is 0.678. The highest BCUT2D eigenvalue weighted by Crippen LogP contribution is 2.29. The Balaban J connectivity index is 1.35. The van der Waals surface area contributed by atoms with Gasteiger partial charge in [-0.1, -0.05) is 21.9 Å². The van der Waals surface area contributed by atoms with E-state index in [4.69, 9.17) is 20.6 Å². The second-order valence-electron chi connectivity index (χ2n) is 6.53. The van der Waals surface area contributed by atoms with Gasteiger partial charge in [0, 0.05) is 29.6 Å². The van der Waals surface area contributed by atoms with E-state index >= 15 is 0 Å². The fraction of sp³-hybridized carbons (Fsp3) is 0.389. The predicted molar refractivity (Wildman–Crippen MR) is 96.0 cm³/mol. The molecule has 0 spiro atoms. The summed E-state index contributed by atoms with van der Waals surface area (Å²) >= 11 is 5.91. The number of amides is 1. The first-order valence-electron chi connectivity index (χ1n) is 8.75. The molecule has 1 saturated heterocycles. The largest absolute Gasteiger partial charge is 0.342 e. The summed E-state index contributed by atoms with van der Waals surface area (Å²) in [6.07, 6.45) is 1.68. The van der Waals surface area contributed by atoms with Gasteiger partial charge in [0.25, 0.3) is 0 Å². The van der Waals surface area contributed by atoms with Crippen LogP contribution in [-0.2, 0) is 11.2 Å². The molecule has 0 aliphatic carbocycles. The van der Waals surface area contributed by atoms with Crippen LogP contribution in [-0.4, -0.2) is 44.2 Å². The molecule has 4 rings (SSSR count). The molecular formula is C18H18ClN5O3. The molecule has 0 radical (unpaired) electrons. The minimum absolute atomic E-state index is 0.00974. The SMILES string of the molecule is Cc1noc(CC(=O)N2CCC(c3nc(-c4ccc(Cl)cc4)no3)CC2)n1. The van der Waals surface area contributed by atoms with Gasteiger partial charge in [0.15, 0.2) is 5.82 Å². The van der Waals surface area contributed by atoms with Crippen molar-refractivity contribution in [1.82, 2.24) is 25.2 Å². The van der Waals surface area contributed by atoms with Gasteiger partial charge in [-0.15, -0.1) is 0 Å². The number of carbonyl (C=O) groups excluding carboxylic acids is 1. The van der Waals surface area contributed by atoms with Crippen LogP contribution in [0, 0.1) is 6.92 Å². The molecule has 1 aliphatic rings. The Hall–Kier alpha value is -2.74. The minimum atomic E-state index is -0.00974. The van der Waals surface area contributed by atoms with Gasteiger partial charge >= 0.3 is 0 Å². The van der Waals surface area contributed by atoms with Gasteiger partial charge in [-0.3, -0.25) is 4.79 Å². The molecule has 9 heteroatoms. The van der Waals surface area contributed by atoms with Crippen LogP contribution < -0.4 is 0 Å². The Morgan fingerprint density at radius 2 is 1.89 bits per heavy atom. The van der Waals surface area contributed by atoms with Crippen LogP contribution in [0.5, 0.6) is 0 Å². The highest BCUT2D eigenvalue weighted by Gasteiger charge is 2.28. The second-order valence-corrected chi connectivity index (χ2v) is 6.97. The zero-order valence-corrected chi connectivity index (χ0v) is 15.5. The molecule has 1 amide bonds. The van der Waals surface area contributed by atoms with Gasteiger partial charge in [0.1, 0.15) is 6.42 Å². The maximum absolute atomic E-state index is 12.4. The van der Waals surface area contributed by atoms with Gasteiger partial charge in [0.05, 0.1) is 0 Å². The average Bonchev–Trinajstić information content (AvgIpc) is 3.32. The minimum Gasteiger partial charge on any atom is -0.342 e. The number of hydrogen-bond donors (Lipinski definition) is 0. The number of rotatable bonds is 4. The van der Waals surface area contributed by atoms with E-state index in [9.17, 15) is 4.79 Å². The van der Waals surface area contributed by atoms with Crippen molar-refractivity contribution < 1.29 is 13.8 Å². The van der Waals surface area contributed by atoms with Gasteiger partial charge in [0.2, 0.25) is 23.5 Å². The molecule has 0 saturated carbocycles. The Bertz CT molecular complexity index is 929. The lowest BCUT2D eigenvalue weighted by molar-refractivity contribution is -0.132. The summed E-state index contributed by atoms with van der Waals surface area (Å²) in [5.41, 5.74) is 0.858. The summed E-state index contributed by atoms with van der Waals surface area (Å²) in [4.78, 5) is 22.8. The van der Waals surface area contributed by atoms with E-state index in [1.165, 1.54) is 0 Å². The lowest BCUT2D eigenvalue weighted by Crippen LogP contribution is -2.38. The Morgan fingerprint density at radius 1 is 1.15 bits per heavy atom. The lowest BCUT2D eigenvalue weighted by atomic mass is 9.96. The molecule has 140 valence electrons. The number of likely N-dealkylation sites (tertiary alicyclic amines) is 1. The van der Waals surface area contributed by atoms with E-state index in [0.29, 0.717) is 41.5 Å². The highest BCUT2D eigenvalue weighted by atomic mass is 35.5. The van der Waals surface area contributed by atoms with E-state index in [1.807, 2.05) is 17.0 Å². The number of nitrogens with zero attached hydrogens (tertiary/aromatic N) is 5. The van der Waals surface area contributed by atoms with Crippen molar-refractivity contribution in [2.45, 2.75) is 32.1 Å². The van der Waals surface area contributed by atoms with Crippen LogP contribution in [0.1, 0.15) is 36.4 Å². The molecule has 0 bridgehead atoms. The van der Waals surface area contributed by atoms with E-state index < -0.39 is 0 Å². The van der Waals surface area contributed by atoms with Crippen LogP contribution in [0.25, 0.3) is 11.4 Å². The van der Waals surface area contributed by atoms with Crippen LogP contribution in [0.3, 0.4) is 0 Å².